The zero-order chi connectivity index (χ0) is 18.8. The van der Waals surface area contributed by atoms with Crippen molar-refractivity contribution >= 4 is 28.9 Å². The highest BCUT2D eigenvalue weighted by molar-refractivity contribution is 6.33. The first-order chi connectivity index (χ1) is 13.2. The maximum absolute atomic E-state index is 13.1. The summed E-state index contributed by atoms with van der Waals surface area (Å²) in [4.78, 5) is 19.2. The van der Waals surface area contributed by atoms with Gasteiger partial charge in [-0.3, -0.25) is 14.7 Å². The van der Waals surface area contributed by atoms with E-state index in [4.69, 9.17) is 16.3 Å². The summed E-state index contributed by atoms with van der Waals surface area (Å²) in [5, 5.41) is 3.95. The maximum Gasteiger partial charge on any atom is 0.262 e. The predicted molar refractivity (Wildman–Crippen MR) is 106 cm³/mol. The fourth-order valence-corrected chi connectivity index (χ4v) is 3.37. The number of aromatic nitrogens is 1. The number of hydrogen-bond acceptors (Lipinski definition) is 4. The van der Waals surface area contributed by atoms with Gasteiger partial charge in [-0.05, 0) is 55.5 Å². The Labute approximate surface area is 162 Å². The minimum atomic E-state index is -0.452. The number of ether oxygens (including phenoxy) is 1. The molecule has 0 spiro atoms. The largest absolute Gasteiger partial charge is 0.494 e. The second-order valence-electron chi connectivity index (χ2n) is 6.06. The van der Waals surface area contributed by atoms with E-state index in [2.05, 4.69) is 10.3 Å². The maximum atomic E-state index is 13.1. The SMILES string of the molecule is CCOc1ccc(N2C(=O)c3cccnc3[C@H]2Nc2ccccc2Cl)cc1. The van der Waals surface area contributed by atoms with Crippen molar-refractivity contribution in [2.75, 3.05) is 16.8 Å². The third kappa shape index (κ3) is 3.22. The van der Waals surface area contributed by atoms with E-state index >= 15 is 0 Å². The summed E-state index contributed by atoms with van der Waals surface area (Å²) in [6, 6.07) is 18.5. The molecule has 1 aliphatic rings. The van der Waals surface area contributed by atoms with Gasteiger partial charge in [0, 0.05) is 11.9 Å². The van der Waals surface area contributed by atoms with Crippen molar-refractivity contribution < 1.29 is 9.53 Å². The van der Waals surface area contributed by atoms with E-state index in [9.17, 15) is 4.79 Å². The highest BCUT2D eigenvalue weighted by Crippen LogP contribution is 2.38. The number of fused-ring (bicyclic) bond motifs is 1. The highest BCUT2D eigenvalue weighted by atomic mass is 35.5. The Morgan fingerprint density at radius 2 is 1.89 bits per heavy atom. The zero-order valence-electron chi connectivity index (χ0n) is 14.7. The van der Waals surface area contributed by atoms with E-state index in [0.717, 1.165) is 17.1 Å². The molecule has 0 unspecified atom stereocenters. The monoisotopic (exact) mass is 379 g/mol. The number of nitrogens with one attached hydrogen (secondary N) is 1. The third-order valence-corrected chi connectivity index (χ3v) is 4.73. The van der Waals surface area contributed by atoms with Crippen LogP contribution in [0.5, 0.6) is 5.75 Å². The molecule has 2 aromatic carbocycles. The molecule has 1 amide bonds. The number of carbonyl (C=O) groups is 1. The number of halogens is 1. The molecule has 1 N–H and O–H groups in total. The van der Waals surface area contributed by atoms with Crippen LogP contribution in [0.2, 0.25) is 5.02 Å². The van der Waals surface area contributed by atoms with Crippen LogP contribution < -0.4 is 15.0 Å². The molecule has 5 nitrogen and oxygen atoms in total. The van der Waals surface area contributed by atoms with Crippen molar-refractivity contribution in [3.8, 4) is 5.75 Å². The van der Waals surface area contributed by atoms with E-state index in [0.29, 0.717) is 22.9 Å². The van der Waals surface area contributed by atoms with Crippen LogP contribution in [-0.4, -0.2) is 17.5 Å². The summed E-state index contributed by atoms with van der Waals surface area (Å²) in [7, 11) is 0. The van der Waals surface area contributed by atoms with Crippen LogP contribution in [0.1, 0.15) is 29.1 Å². The van der Waals surface area contributed by atoms with Gasteiger partial charge in [0.2, 0.25) is 0 Å². The Kier molecular flexibility index (Phi) is 4.69. The molecule has 3 aromatic rings. The number of rotatable bonds is 5. The Morgan fingerprint density at radius 1 is 1.11 bits per heavy atom. The van der Waals surface area contributed by atoms with Gasteiger partial charge in [0.05, 0.1) is 28.6 Å². The Bertz CT molecular complexity index is 975. The lowest BCUT2D eigenvalue weighted by molar-refractivity contribution is 0.0993. The summed E-state index contributed by atoms with van der Waals surface area (Å²) >= 11 is 6.31. The smallest absolute Gasteiger partial charge is 0.262 e. The second kappa shape index (κ2) is 7.29. The fourth-order valence-electron chi connectivity index (χ4n) is 3.18. The molecule has 1 aromatic heterocycles. The van der Waals surface area contributed by atoms with E-state index in [1.807, 2.05) is 49.4 Å². The van der Waals surface area contributed by atoms with E-state index in [1.165, 1.54) is 0 Å². The number of amides is 1. The van der Waals surface area contributed by atoms with Gasteiger partial charge in [-0.15, -0.1) is 0 Å². The van der Waals surface area contributed by atoms with Gasteiger partial charge in [-0.2, -0.15) is 0 Å². The lowest BCUT2D eigenvalue weighted by atomic mass is 10.2. The van der Waals surface area contributed by atoms with Gasteiger partial charge in [-0.25, -0.2) is 0 Å². The lowest BCUT2D eigenvalue weighted by Crippen LogP contribution is -2.32. The Hall–Kier alpha value is -3.05. The topological polar surface area (TPSA) is 54.5 Å². The van der Waals surface area contributed by atoms with Gasteiger partial charge in [0.25, 0.3) is 5.91 Å². The van der Waals surface area contributed by atoms with Crippen molar-refractivity contribution in [3.05, 3.63) is 83.1 Å². The van der Waals surface area contributed by atoms with Crippen LogP contribution in [0.25, 0.3) is 0 Å². The number of carbonyl (C=O) groups excluding carboxylic acids is 1. The standard InChI is InChI=1S/C21H18ClN3O2/c1-2-27-15-11-9-14(10-12-15)25-20(24-18-8-4-3-7-17(18)22)19-16(21(25)26)6-5-13-23-19/h3-13,20,24H,2H2,1H3/t20-/m0/s1. The molecular weight excluding hydrogens is 362 g/mol. The van der Waals surface area contributed by atoms with Crippen molar-refractivity contribution in [2.45, 2.75) is 13.1 Å². The summed E-state index contributed by atoms with van der Waals surface area (Å²) in [5.41, 5.74) is 2.75. The molecule has 1 atom stereocenters. The first kappa shape index (κ1) is 17.4. The molecule has 0 radical (unpaired) electrons. The number of pyridine rings is 1. The van der Waals surface area contributed by atoms with Gasteiger partial charge in [0.1, 0.15) is 5.75 Å². The lowest BCUT2D eigenvalue weighted by Gasteiger charge is -2.27. The number of para-hydroxylation sites is 1. The van der Waals surface area contributed by atoms with Crippen molar-refractivity contribution in [1.82, 2.24) is 4.98 Å². The van der Waals surface area contributed by atoms with Crippen LogP contribution in [-0.2, 0) is 0 Å². The average molecular weight is 380 g/mol. The number of anilines is 2. The molecule has 4 rings (SSSR count). The Balaban J connectivity index is 1.74. The van der Waals surface area contributed by atoms with Crippen molar-refractivity contribution in [3.63, 3.8) is 0 Å². The van der Waals surface area contributed by atoms with Gasteiger partial charge in [0.15, 0.2) is 6.17 Å². The van der Waals surface area contributed by atoms with Crippen LogP contribution >= 0.6 is 11.6 Å². The number of benzene rings is 2. The van der Waals surface area contributed by atoms with Crippen LogP contribution in [0.3, 0.4) is 0 Å². The van der Waals surface area contributed by atoms with E-state index in [-0.39, 0.29) is 5.91 Å². The minimum Gasteiger partial charge on any atom is -0.494 e. The van der Waals surface area contributed by atoms with Gasteiger partial charge < -0.3 is 10.1 Å². The molecule has 0 saturated carbocycles. The molecule has 27 heavy (non-hydrogen) atoms. The fraction of sp³-hybridized carbons (Fsp3) is 0.143. The second-order valence-corrected chi connectivity index (χ2v) is 6.47. The van der Waals surface area contributed by atoms with E-state index < -0.39 is 6.17 Å². The highest BCUT2D eigenvalue weighted by Gasteiger charge is 2.39. The van der Waals surface area contributed by atoms with Crippen LogP contribution in [0, 0.1) is 0 Å². The quantitative estimate of drug-likeness (QED) is 0.684. The first-order valence-corrected chi connectivity index (χ1v) is 9.09. The molecule has 136 valence electrons. The third-order valence-electron chi connectivity index (χ3n) is 4.40. The first-order valence-electron chi connectivity index (χ1n) is 8.71. The van der Waals surface area contributed by atoms with Crippen LogP contribution in [0.15, 0.2) is 66.9 Å². The van der Waals surface area contributed by atoms with Crippen molar-refractivity contribution in [1.29, 1.82) is 0 Å². The number of hydrogen-bond donors (Lipinski definition) is 1. The van der Waals surface area contributed by atoms with Crippen molar-refractivity contribution in [2.24, 2.45) is 0 Å². The summed E-state index contributed by atoms with van der Waals surface area (Å²) in [5.74, 6) is 0.658. The molecule has 1 aliphatic heterocycles. The van der Waals surface area contributed by atoms with Gasteiger partial charge >= 0.3 is 0 Å². The molecule has 0 saturated heterocycles. The zero-order valence-corrected chi connectivity index (χ0v) is 15.5. The number of nitrogens with zero attached hydrogens (tertiary/aromatic N) is 2. The normalized spacial score (nSPS) is 15.6. The molecule has 2 heterocycles. The molecule has 0 aliphatic carbocycles. The Morgan fingerprint density at radius 3 is 2.63 bits per heavy atom. The van der Waals surface area contributed by atoms with Gasteiger partial charge in [-0.1, -0.05) is 23.7 Å². The molecule has 6 heteroatoms. The molecule has 0 bridgehead atoms. The summed E-state index contributed by atoms with van der Waals surface area (Å²) in [6.45, 7) is 2.53. The average Bonchev–Trinajstić information content (AvgIpc) is 2.97. The molecule has 0 fully saturated rings. The predicted octanol–water partition coefficient (Wildman–Crippen LogP) is 4.90. The summed E-state index contributed by atoms with van der Waals surface area (Å²) < 4.78 is 5.50. The van der Waals surface area contributed by atoms with E-state index in [1.54, 1.807) is 29.3 Å². The molecular formula is C21H18ClN3O2. The summed E-state index contributed by atoms with van der Waals surface area (Å²) in [6.07, 6.45) is 1.24. The minimum absolute atomic E-state index is 0.105. The van der Waals surface area contributed by atoms with Crippen LogP contribution in [0.4, 0.5) is 11.4 Å².